The van der Waals surface area contributed by atoms with Gasteiger partial charge in [-0.25, -0.2) is 9.80 Å². The summed E-state index contributed by atoms with van der Waals surface area (Å²) in [6.45, 7) is 5.34. The van der Waals surface area contributed by atoms with Crippen LogP contribution in [0.15, 0.2) is 79.0 Å². The van der Waals surface area contributed by atoms with Crippen molar-refractivity contribution in [2.75, 3.05) is 52.5 Å². The van der Waals surface area contributed by atoms with Crippen molar-refractivity contribution >= 4 is 28.7 Å². The van der Waals surface area contributed by atoms with Gasteiger partial charge in [-0.2, -0.15) is 10.1 Å². The number of hydrazine groups is 1. The molecular formula is C38H42N8O5. The minimum absolute atomic E-state index is 0.0361. The zero-order valence-electron chi connectivity index (χ0n) is 28.4. The molecule has 7 rings (SSSR count). The van der Waals surface area contributed by atoms with Crippen molar-refractivity contribution in [1.29, 1.82) is 0 Å². The van der Waals surface area contributed by atoms with Crippen LogP contribution in [0.1, 0.15) is 16.7 Å². The second kappa shape index (κ2) is 15.2. The monoisotopic (exact) mass is 690 g/mol. The first-order valence-electron chi connectivity index (χ1n) is 17.3. The van der Waals surface area contributed by atoms with E-state index in [9.17, 15) is 19.5 Å². The van der Waals surface area contributed by atoms with Gasteiger partial charge in [0.25, 0.3) is 0 Å². The fourth-order valence-corrected chi connectivity index (χ4v) is 7.24. The number of carbonyl (C=O) groups is 3. The fraction of sp³-hybridized carbons (Fsp3) is 0.368. The molecule has 3 aliphatic heterocycles. The molecule has 3 fully saturated rings. The third-order valence-corrected chi connectivity index (χ3v) is 9.83. The van der Waals surface area contributed by atoms with E-state index in [0.29, 0.717) is 0 Å². The number of rotatable bonds is 10. The summed E-state index contributed by atoms with van der Waals surface area (Å²) in [5.74, 6) is 2.18. The van der Waals surface area contributed by atoms with E-state index in [1.54, 1.807) is 39.1 Å². The quantitative estimate of drug-likeness (QED) is 0.243. The average molecular weight is 691 g/mol. The van der Waals surface area contributed by atoms with Gasteiger partial charge in [-0.3, -0.25) is 19.2 Å². The summed E-state index contributed by atoms with van der Waals surface area (Å²) in [6.07, 6.45) is 6.97. The number of carbonyl (C=O) groups excluding carboxylic acids is 3. The molecule has 0 spiro atoms. The summed E-state index contributed by atoms with van der Waals surface area (Å²) in [6, 6.07) is 20.9. The van der Waals surface area contributed by atoms with Gasteiger partial charge < -0.3 is 25.0 Å². The van der Waals surface area contributed by atoms with Gasteiger partial charge in [-0.05, 0) is 34.9 Å². The molecule has 0 saturated carbocycles. The summed E-state index contributed by atoms with van der Waals surface area (Å²) < 4.78 is 7.49. The Morgan fingerprint density at radius 3 is 2.53 bits per heavy atom. The molecule has 13 nitrogen and oxygen atoms in total. The molecule has 1 aromatic heterocycles. The highest BCUT2D eigenvalue weighted by Crippen LogP contribution is 2.31. The number of nitrogens with one attached hydrogen (secondary N) is 1. The Morgan fingerprint density at radius 2 is 1.76 bits per heavy atom. The number of aromatic hydroxyl groups is 1. The molecule has 3 saturated heterocycles. The number of phenols is 1. The van der Waals surface area contributed by atoms with Gasteiger partial charge in [0, 0.05) is 44.5 Å². The highest BCUT2D eigenvalue weighted by atomic mass is 16.5. The molecule has 51 heavy (non-hydrogen) atoms. The predicted molar refractivity (Wildman–Crippen MR) is 190 cm³/mol. The van der Waals surface area contributed by atoms with Crippen molar-refractivity contribution in [2.24, 2.45) is 0 Å². The van der Waals surface area contributed by atoms with Gasteiger partial charge >= 0.3 is 6.03 Å². The lowest BCUT2D eigenvalue weighted by atomic mass is 9.98. The van der Waals surface area contributed by atoms with E-state index in [1.807, 2.05) is 59.4 Å². The van der Waals surface area contributed by atoms with Crippen LogP contribution < -0.4 is 5.32 Å². The number of fused-ring (bicyclic) bond motifs is 2. The van der Waals surface area contributed by atoms with E-state index < -0.39 is 18.2 Å². The van der Waals surface area contributed by atoms with Gasteiger partial charge in [0.2, 0.25) is 11.8 Å². The molecule has 3 aromatic carbocycles. The number of hydrogen-bond donors (Lipinski definition) is 2. The first-order valence-corrected chi connectivity index (χ1v) is 17.3. The smallest absolute Gasteiger partial charge is 0.334 e. The lowest BCUT2D eigenvalue weighted by Gasteiger charge is -2.55. The maximum absolute atomic E-state index is 14.5. The maximum atomic E-state index is 14.5. The SMILES string of the molecule is C#CCN1CC(=O)N2[C@@H](Cc3ccc(O)cc3)C(=O)N(Cc3cccc4c3cnn4CCN3CCOCC3)C[C@@H]2N1C(=O)NCc1ccccc1. The molecule has 4 aromatic rings. The molecular weight excluding hydrogens is 648 g/mol. The number of amides is 4. The van der Waals surface area contributed by atoms with Crippen molar-refractivity contribution in [3.8, 4) is 18.1 Å². The first-order chi connectivity index (χ1) is 24.9. The van der Waals surface area contributed by atoms with Crippen LogP contribution >= 0.6 is 0 Å². The molecule has 4 amide bonds. The molecule has 2 atom stereocenters. The normalized spacial score (nSPS) is 20.0. The third-order valence-electron chi connectivity index (χ3n) is 9.83. The number of hydrogen-bond acceptors (Lipinski definition) is 8. The number of morpholine rings is 1. The Kier molecular flexibility index (Phi) is 10.2. The van der Waals surface area contributed by atoms with Crippen molar-refractivity contribution < 1.29 is 24.2 Å². The number of aromatic nitrogens is 2. The minimum Gasteiger partial charge on any atom is -0.508 e. The zero-order valence-corrected chi connectivity index (χ0v) is 28.4. The van der Waals surface area contributed by atoms with Crippen molar-refractivity contribution in [3.63, 3.8) is 0 Å². The molecule has 2 N–H and O–H groups in total. The predicted octanol–water partition coefficient (Wildman–Crippen LogP) is 2.26. The van der Waals surface area contributed by atoms with Gasteiger partial charge in [0.15, 0.2) is 0 Å². The van der Waals surface area contributed by atoms with Crippen LogP contribution in [-0.2, 0) is 40.4 Å². The van der Waals surface area contributed by atoms with Crippen LogP contribution in [0.3, 0.4) is 0 Å². The van der Waals surface area contributed by atoms with E-state index in [-0.39, 0.29) is 56.7 Å². The summed E-state index contributed by atoms with van der Waals surface area (Å²) in [7, 11) is 0. The summed E-state index contributed by atoms with van der Waals surface area (Å²) in [5, 5.41) is 21.7. The third kappa shape index (κ3) is 7.39. The van der Waals surface area contributed by atoms with E-state index >= 15 is 0 Å². The molecule has 0 aliphatic carbocycles. The lowest BCUT2D eigenvalue weighted by molar-refractivity contribution is -0.189. The van der Waals surface area contributed by atoms with Crippen molar-refractivity contribution in [2.45, 2.75) is 38.3 Å². The Hall–Kier alpha value is -5.42. The first kappa shape index (κ1) is 34.0. The van der Waals surface area contributed by atoms with E-state index in [2.05, 4.69) is 16.1 Å². The average Bonchev–Trinajstić information content (AvgIpc) is 3.57. The van der Waals surface area contributed by atoms with E-state index in [0.717, 1.165) is 67.0 Å². The van der Waals surface area contributed by atoms with Crippen LogP contribution in [-0.4, -0.2) is 122 Å². The molecule has 0 radical (unpaired) electrons. The van der Waals surface area contributed by atoms with Gasteiger partial charge in [-0.1, -0.05) is 60.5 Å². The van der Waals surface area contributed by atoms with Gasteiger partial charge in [0.05, 0.1) is 51.1 Å². The second-order valence-electron chi connectivity index (χ2n) is 13.1. The van der Waals surface area contributed by atoms with Crippen LogP contribution in [0.4, 0.5) is 4.79 Å². The minimum atomic E-state index is -0.895. The van der Waals surface area contributed by atoms with Crippen LogP contribution in [0.5, 0.6) is 5.75 Å². The lowest BCUT2D eigenvalue weighted by Crippen LogP contribution is -2.76. The molecule has 13 heteroatoms. The van der Waals surface area contributed by atoms with Gasteiger partial charge in [0.1, 0.15) is 18.0 Å². The maximum Gasteiger partial charge on any atom is 0.334 e. The molecule has 264 valence electrons. The number of nitrogens with zero attached hydrogens (tertiary/aromatic N) is 7. The summed E-state index contributed by atoms with van der Waals surface area (Å²) in [5.41, 5.74) is 3.58. The topological polar surface area (TPSA) is 127 Å². The van der Waals surface area contributed by atoms with E-state index in [4.69, 9.17) is 16.3 Å². The zero-order chi connectivity index (χ0) is 35.3. The van der Waals surface area contributed by atoms with Crippen LogP contribution in [0, 0.1) is 12.3 Å². The largest absolute Gasteiger partial charge is 0.508 e. The Labute approximate surface area is 296 Å². The Morgan fingerprint density at radius 1 is 0.980 bits per heavy atom. The Bertz CT molecular complexity index is 1900. The number of piperazine rings is 1. The molecule has 4 heterocycles. The standard InChI is InChI=1S/C38H42N8O5/c1-2-15-43-27-36(48)45-34(22-28-11-13-31(47)14-12-28)37(49)42(26-35(45)46(43)38(50)39-23-29-7-4-3-5-8-29)25-30-9-6-10-33-32(30)24-40-44(33)17-16-41-18-20-51-21-19-41/h1,3-14,24,34-35,47H,15-23,25-27H2,(H,39,50)/t34-,35-/m0/s1. The number of ether oxygens (including phenoxy) is 1. The molecule has 0 unspecified atom stereocenters. The highest BCUT2D eigenvalue weighted by molar-refractivity contribution is 5.92. The fourth-order valence-electron chi connectivity index (χ4n) is 7.24. The highest BCUT2D eigenvalue weighted by Gasteiger charge is 2.51. The van der Waals surface area contributed by atoms with Crippen molar-refractivity contribution in [3.05, 3.63) is 95.7 Å². The number of terminal acetylenes is 1. The van der Waals surface area contributed by atoms with Gasteiger partial charge in [-0.15, -0.1) is 6.42 Å². The van der Waals surface area contributed by atoms with E-state index in [1.165, 1.54) is 5.01 Å². The van der Waals surface area contributed by atoms with Crippen molar-refractivity contribution in [1.82, 2.24) is 39.8 Å². The molecule has 0 bridgehead atoms. The molecule has 3 aliphatic rings. The number of phenolic OH excluding ortho intramolecular Hbond substituents is 1. The Balaban J connectivity index is 1.19. The van der Waals surface area contributed by atoms with Crippen LogP contribution in [0.25, 0.3) is 10.9 Å². The summed E-state index contributed by atoms with van der Waals surface area (Å²) in [4.78, 5) is 48.1. The van der Waals surface area contributed by atoms with Crippen LogP contribution in [0.2, 0.25) is 0 Å². The number of urea groups is 1. The second-order valence-corrected chi connectivity index (χ2v) is 13.1. The number of benzene rings is 3. The summed E-state index contributed by atoms with van der Waals surface area (Å²) >= 11 is 0.